The number of nitriles is 1. The first-order valence-electron chi connectivity index (χ1n) is 7.18. The van der Waals surface area contributed by atoms with E-state index in [4.69, 9.17) is 14.7 Å². The molecule has 0 atom stereocenters. The van der Waals surface area contributed by atoms with E-state index in [1.54, 1.807) is 36.4 Å². The van der Waals surface area contributed by atoms with E-state index in [1.807, 2.05) is 0 Å². The van der Waals surface area contributed by atoms with Crippen LogP contribution in [0.3, 0.4) is 0 Å². The molecule has 0 amide bonds. The number of thiophene rings is 1. The van der Waals surface area contributed by atoms with E-state index in [0.29, 0.717) is 15.3 Å². The number of hydrogen-bond donors (Lipinski definition) is 0. The molecule has 7 nitrogen and oxygen atoms in total. The van der Waals surface area contributed by atoms with E-state index >= 15 is 0 Å². The average molecular weight is 358 g/mol. The van der Waals surface area contributed by atoms with Crippen LogP contribution in [0.1, 0.15) is 4.88 Å². The lowest BCUT2D eigenvalue weighted by Crippen LogP contribution is -2.10. The summed E-state index contributed by atoms with van der Waals surface area (Å²) in [5.41, 5.74) is 0.338. The van der Waals surface area contributed by atoms with Crippen LogP contribution < -0.4 is 0 Å². The van der Waals surface area contributed by atoms with E-state index in [-0.39, 0.29) is 24.5 Å². The van der Waals surface area contributed by atoms with Crippen LogP contribution in [-0.2, 0) is 14.3 Å². The van der Waals surface area contributed by atoms with Crippen molar-refractivity contribution in [1.82, 2.24) is 0 Å². The third-order valence-electron chi connectivity index (χ3n) is 3.14. The van der Waals surface area contributed by atoms with E-state index in [0.717, 1.165) is 0 Å². The Bertz CT molecular complexity index is 851. The van der Waals surface area contributed by atoms with Crippen molar-refractivity contribution in [2.45, 2.75) is 0 Å². The highest BCUT2D eigenvalue weighted by molar-refractivity contribution is 7.16. The van der Waals surface area contributed by atoms with Gasteiger partial charge in [-0.05, 0) is 24.3 Å². The molecule has 0 saturated heterocycles. The van der Waals surface area contributed by atoms with Gasteiger partial charge in [0.05, 0.1) is 17.1 Å². The lowest BCUT2D eigenvalue weighted by molar-refractivity contribution is -0.384. The summed E-state index contributed by atoms with van der Waals surface area (Å²) in [4.78, 5) is 23.8. The predicted molar refractivity (Wildman–Crippen MR) is 92.8 cm³/mol. The summed E-state index contributed by atoms with van der Waals surface area (Å²) >= 11 is 1.24. The number of esters is 1. The van der Waals surface area contributed by atoms with Crippen LogP contribution in [0.4, 0.5) is 5.69 Å². The number of nitro benzene ring substituents is 1. The third kappa shape index (κ3) is 4.73. The minimum absolute atomic E-state index is 0.000591. The second-order valence-electron chi connectivity index (χ2n) is 4.77. The van der Waals surface area contributed by atoms with Crippen LogP contribution in [-0.4, -0.2) is 31.2 Å². The number of rotatable bonds is 7. The average Bonchev–Trinajstić information content (AvgIpc) is 3.08. The number of methoxy groups -OCH3 is 1. The lowest BCUT2D eigenvalue weighted by atomic mass is 10.1. The van der Waals surface area contributed by atoms with Gasteiger partial charge >= 0.3 is 5.97 Å². The van der Waals surface area contributed by atoms with Crippen LogP contribution in [0, 0.1) is 21.4 Å². The van der Waals surface area contributed by atoms with Gasteiger partial charge in [0, 0.05) is 22.9 Å². The molecule has 0 aliphatic rings. The summed E-state index contributed by atoms with van der Waals surface area (Å²) < 4.78 is 9.68. The molecule has 0 unspecified atom stereocenters. The number of hydrogen-bond acceptors (Lipinski definition) is 7. The minimum Gasteiger partial charge on any atom is -0.459 e. The molecule has 2 rings (SSSR count). The van der Waals surface area contributed by atoms with Crippen molar-refractivity contribution in [3.63, 3.8) is 0 Å². The fourth-order valence-corrected chi connectivity index (χ4v) is 2.98. The van der Waals surface area contributed by atoms with Gasteiger partial charge in [0.1, 0.15) is 18.2 Å². The Labute approximate surface area is 147 Å². The molecule has 8 heteroatoms. The standard InChI is InChI=1S/C17H14N2O5S/c1-23-8-9-24-17(20)12(11-18)10-13-6-7-16(25-13)14-4-2-3-5-15(14)19(21)22/h2-7,10H,8-9H2,1H3/b12-10+. The van der Waals surface area contributed by atoms with Crippen molar-refractivity contribution in [2.24, 2.45) is 0 Å². The fourth-order valence-electron chi connectivity index (χ4n) is 1.99. The van der Waals surface area contributed by atoms with Crippen molar-refractivity contribution < 1.29 is 19.2 Å². The molecule has 0 saturated carbocycles. The number of carbonyl (C=O) groups is 1. The summed E-state index contributed by atoms with van der Waals surface area (Å²) in [6.45, 7) is 0.297. The van der Waals surface area contributed by atoms with Gasteiger partial charge in [-0.25, -0.2) is 4.79 Å². The zero-order chi connectivity index (χ0) is 18.2. The quantitative estimate of drug-likeness (QED) is 0.188. The SMILES string of the molecule is COCCOC(=O)/C(C#N)=C/c1ccc(-c2ccccc2[N+](=O)[O-])s1. The molecular formula is C17H14N2O5S. The fraction of sp³-hybridized carbons (Fsp3) is 0.176. The molecule has 0 aliphatic heterocycles. The van der Waals surface area contributed by atoms with Crippen molar-refractivity contribution in [1.29, 1.82) is 5.26 Å². The maximum atomic E-state index is 11.8. The second kappa shape index (κ2) is 8.73. The summed E-state index contributed by atoms with van der Waals surface area (Å²) in [6, 6.07) is 11.6. The van der Waals surface area contributed by atoms with Gasteiger partial charge in [0.25, 0.3) is 5.69 Å². The van der Waals surface area contributed by atoms with E-state index in [1.165, 1.54) is 30.6 Å². The number of ether oxygens (including phenoxy) is 2. The van der Waals surface area contributed by atoms with Crippen molar-refractivity contribution in [2.75, 3.05) is 20.3 Å². The lowest BCUT2D eigenvalue weighted by Gasteiger charge is -2.02. The van der Waals surface area contributed by atoms with E-state index in [9.17, 15) is 14.9 Å². The van der Waals surface area contributed by atoms with Gasteiger partial charge in [-0.15, -0.1) is 11.3 Å². The van der Waals surface area contributed by atoms with Crippen molar-refractivity contribution >= 4 is 29.1 Å². The molecule has 2 aromatic rings. The molecule has 0 aliphatic carbocycles. The maximum Gasteiger partial charge on any atom is 0.349 e. The Morgan fingerprint density at radius 1 is 1.32 bits per heavy atom. The number of nitrogens with zero attached hydrogens (tertiary/aromatic N) is 2. The Kier molecular flexibility index (Phi) is 6.39. The zero-order valence-corrected chi connectivity index (χ0v) is 14.1. The first kappa shape index (κ1) is 18.3. The molecular weight excluding hydrogens is 344 g/mol. The van der Waals surface area contributed by atoms with Crippen LogP contribution >= 0.6 is 11.3 Å². The summed E-state index contributed by atoms with van der Waals surface area (Å²) in [5, 5.41) is 20.2. The molecule has 0 spiro atoms. The largest absolute Gasteiger partial charge is 0.459 e. The summed E-state index contributed by atoms with van der Waals surface area (Å²) in [7, 11) is 1.48. The van der Waals surface area contributed by atoms with Gasteiger partial charge in [-0.1, -0.05) is 12.1 Å². The van der Waals surface area contributed by atoms with Crippen molar-refractivity contribution in [3.8, 4) is 16.5 Å². The highest BCUT2D eigenvalue weighted by atomic mass is 32.1. The highest BCUT2D eigenvalue weighted by Gasteiger charge is 2.16. The van der Waals surface area contributed by atoms with Crippen LogP contribution in [0.2, 0.25) is 0 Å². The van der Waals surface area contributed by atoms with Crippen LogP contribution in [0.15, 0.2) is 42.0 Å². The molecule has 0 N–H and O–H groups in total. The normalized spacial score (nSPS) is 11.0. The van der Waals surface area contributed by atoms with Crippen LogP contribution in [0.5, 0.6) is 0 Å². The van der Waals surface area contributed by atoms with Gasteiger partial charge < -0.3 is 9.47 Å². The van der Waals surface area contributed by atoms with Gasteiger partial charge in [-0.2, -0.15) is 5.26 Å². The summed E-state index contributed by atoms with van der Waals surface area (Å²) in [5.74, 6) is -0.736. The molecule has 0 fully saturated rings. The first-order chi connectivity index (χ1) is 12.1. The summed E-state index contributed by atoms with van der Waals surface area (Å²) in [6.07, 6.45) is 1.40. The molecule has 25 heavy (non-hydrogen) atoms. The van der Waals surface area contributed by atoms with Gasteiger partial charge in [-0.3, -0.25) is 10.1 Å². The number of carbonyl (C=O) groups excluding carboxylic acids is 1. The number of nitro groups is 1. The minimum atomic E-state index is -0.736. The topological polar surface area (TPSA) is 102 Å². The third-order valence-corrected chi connectivity index (χ3v) is 4.21. The Morgan fingerprint density at radius 3 is 2.76 bits per heavy atom. The number of para-hydroxylation sites is 1. The predicted octanol–water partition coefficient (Wildman–Crippen LogP) is 3.42. The molecule has 1 heterocycles. The first-order valence-corrected chi connectivity index (χ1v) is 8.00. The van der Waals surface area contributed by atoms with Gasteiger partial charge in [0.15, 0.2) is 0 Å². The van der Waals surface area contributed by atoms with Gasteiger partial charge in [0.2, 0.25) is 0 Å². The molecule has 128 valence electrons. The Morgan fingerprint density at radius 2 is 2.08 bits per heavy atom. The highest BCUT2D eigenvalue weighted by Crippen LogP contribution is 2.35. The molecule has 0 bridgehead atoms. The second-order valence-corrected chi connectivity index (χ2v) is 5.89. The molecule has 1 aromatic heterocycles. The monoisotopic (exact) mass is 358 g/mol. The van der Waals surface area contributed by atoms with Crippen LogP contribution in [0.25, 0.3) is 16.5 Å². The van der Waals surface area contributed by atoms with E-state index in [2.05, 4.69) is 0 Å². The zero-order valence-electron chi connectivity index (χ0n) is 13.3. The van der Waals surface area contributed by atoms with Crippen molar-refractivity contribution in [3.05, 3.63) is 57.0 Å². The number of benzene rings is 1. The Balaban J connectivity index is 2.25. The Hall–Kier alpha value is -3.02. The molecule has 0 radical (unpaired) electrons. The molecule has 1 aromatic carbocycles. The smallest absolute Gasteiger partial charge is 0.349 e. The van der Waals surface area contributed by atoms with E-state index < -0.39 is 10.9 Å². The maximum absolute atomic E-state index is 11.8.